The van der Waals surface area contributed by atoms with Crippen LogP contribution in [0.4, 0.5) is 5.82 Å². The van der Waals surface area contributed by atoms with Crippen molar-refractivity contribution >= 4 is 5.82 Å². The van der Waals surface area contributed by atoms with Crippen molar-refractivity contribution in [2.75, 3.05) is 19.0 Å². The quantitative estimate of drug-likeness (QED) is 0.824. The summed E-state index contributed by atoms with van der Waals surface area (Å²) in [4.78, 5) is 8.37. The standard InChI is InChI=1S/C12H21N3O2/c1-9(2)17-11-7-13-6-10(15-11)14-8-12(3,4)16-5/h6-7,9H,8H2,1-5H3,(H,14,15). The lowest BCUT2D eigenvalue weighted by Crippen LogP contribution is -2.32. The van der Waals surface area contributed by atoms with Crippen LogP contribution in [-0.2, 0) is 4.74 Å². The minimum absolute atomic E-state index is 0.0926. The summed E-state index contributed by atoms with van der Waals surface area (Å²) in [6, 6.07) is 0. The fourth-order valence-electron chi connectivity index (χ4n) is 1.11. The van der Waals surface area contributed by atoms with Gasteiger partial charge in [-0.3, -0.25) is 4.98 Å². The Labute approximate surface area is 103 Å². The van der Waals surface area contributed by atoms with E-state index in [1.54, 1.807) is 19.5 Å². The normalized spacial score (nSPS) is 11.6. The second kappa shape index (κ2) is 5.82. The first kappa shape index (κ1) is 13.7. The van der Waals surface area contributed by atoms with Crippen molar-refractivity contribution in [2.24, 2.45) is 0 Å². The van der Waals surface area contributed by atoms with E-state index in [0.29, 0.717) is 18.2 Å². The number of hydrogen-bond acceptors (Lipinski definition) is 5. The highest BCUT2D eigenvalue weighted by Gasteiger charge is 2.16. The van der Waals surface area contributed by atoms with E-state index in [2.05, 4.69) is 15.3 Å². The molecule has 0 aliphatic rings. The van der Waals surface area contributed by atoms with Crippen molar-refractivity contribution in [1.82, 2.24) is 9.97 Å². The van der Waals surface area contributed by atoms with Crippen LogP contribution in [0.5, 0.6) is 5.88 Å². The van der Waals surface area contributed by atoms with Crippen LogP contribution in [0.15, 0.2) is 12.4 Å². The Bertz CT molecular complexity index is 353. The van der Waals surface area contributed by atoms with Gasteiger partial charge in [-0.1, -0.05) is 0 Å². The van der Waals surface area contributed by atoms with Gasteiger partial charge < -0.3 is 14.8 Å². The van der Waals surface area contributed by atoms with E-state index in [1.807, 2.05) is 27.7 Å². The van der Waals surface area contributed by atoms with Crippen molar-refractivity contribution in [1.29, 1.82) is 0 Å². The summed E-state index contributed by atoms with van der Waals surface area (Å²) in [5.41, 5.74) is -0.239. The Morgan fingerprint density at radius 3 is 2.65 bits per heavy atom. The molecule has 0 aromatic carbocycles. The van der Waals surface area contributed by atoms with E-state index in [4.69, 9.17) is 9.47 Å². The first-order valence-electron chi connectivity index (χ1n) is 5.70. The Kier molecular flexibility index (Phi) is 4.69. The molecular weight excluding hydrogens is 218 g/mol. The third-order valence-electron chi connectivity index (χ3n) is 2.22. The highest BCUT2D eigenvalue weighted by molar-refractivity contribution is 5.33. The molecular formula is C12H21N3O2. The van der Waals surface area contributed by atoms with Gasteiger partial charge in [0, 0.05) is 13.7 Å². The van der Waals surface area contributed by atoms with Gasteiger partial charge in [0.2, 0.25) is 5.88 Å². The summed E-state index contributed by atoms with van der Waals surface area (Å²) >= 11 is 0. The van der Waals surface area contributed by atoms with Gasteiger partial charge in [0.1, 0.15) is 5.82 Å². The highest BCUT2D eigenvalue weighted by atomic mass is 16.5. The molecule has 1 N–H and O–H groups in total. The number of anilines is 1. The Morgan fingerprint density at radius 2 is 2.06 bits per heavy atom. The third kappa shape index (κ3) is 4.99. The zero-order valence-electron chi connectivity index (χ0n) is 11.2. The minimum atomic E-state index is -0.239. The molecule has 0 amide bonds. The van der Waals surface area contributed by atoms with Gasteiger partial charge in [-0.25, -0.2) is 0 Å². The SMILES string of the molecule is COC(C)(C)CNc1cncc(OC(C)C)n1. The maximum atomic E-state index is 5.47. The van der Waals surface area contributed by atoms with E-state index >= 15 is 0 Å². The van der Waals surface area contributed by atoms with E-state index in [-0.39, 0.29) is 11.7 Å². The van der Waals surface area contributed by atoms with Gasteiger partial charge in [0.05, 0.1) is 24.1 Å². The molecule has 0 unspecified atom stereocenters. The van der Waals surface area contributed by atoms with Gasteiger partial charge in [-0.15, -0.1) is 0 Å². The molecule has 0 aliphatic carbocycles. The van der Waals surface area contributed by atoms with Crippen LogP contribution in [-0.4, -0.2) is 35.3 Å². The number of rotatable bonds is 6. The fourth-order valence-corrected chi connectivity index (χ4v) is 1.11. The largest absolute Gasteiger partial charge is 0.474 e. The molecule has 5 nitrogen and oxygen atoms in total. The molecule has 1 rings (SSSR count). The molecule has 0 saturated carbocycles. The predicted molar refractivity (Wildman–Crippen MR) is 67.4 cm³/mol. The molecule has 0 radical (unpaired) electrons. The van der Waals surface area contributed by atoms with Gasteiger partial charge in [-0.05, 0) is 27.7 Å². The first-order chi connectivity index (χ1) is 7.93. The summed E-state index contributed by atoms with van der Waals surface area (Å²) in [6.07, 6.45) is 3.36. The summed E-state index contributed by atoms with van der Waals surface area (Å²) < 4.78 is 10.8. The molecule has 0 spiro atoms. The Hall–Kier alpha value is -1.36. The molecule has 0 bridgehead atoms. The van der Waals surface area contributed by atoms with Crippen LogP contribution in [0.25, 0.3) is 0 Å². The molecule has 17 heavy (non-hydrogen) atoms. The van der Waals surface area contributed by atoms with Crippen LogP contribution in [0, 0.1) is 0 Å². The number of aromatic nitrogens is 2. The fraction of sp³-hybridized carbons (Fsp3) is 0.667. The number of ether oxygens (including phenoxy) is 2. The average molecular weight is 239 g/mol. The molecule has 96 valence electrons. The monoisotopic (exact) mass is 239 g/mol. The van der Waals surface area contributed by atoms with Crippen molar-refractivity contribution in [3.05, 3.63) is 12.4 Å². The van der Waals surface area contributed by atoms with Gasteiger partial charge >= 0.3 is 0 Å². The summed E-state index contributed by atoms with van der Waals surface area (Å²) in [5, 5.41) is 3.17. The Morgan fingerprint density at radius 1 is 1.35 bits per heavy atom. The van der Waals surface area contributed by atoms with Gasteiger partial charge in [0.25, 0.3) is 0 Å². The van der Waals surface area contributed by atoms with Crippen LogP contribution < -0.4 is 10.1 Å². The smallest absolute Gasteiger partial charge is 0.234 e. The zero-order valence-corrected chi connectivity index (χ0v) is 11.2. The van der Waals surface area contributed by atoms with Crippen molar-refractivity contribution < 1.29 is 9.47 Å². The maximum Gasteiger partial charge on any atom is 0.234 e. The lowest BCUT2D eigenvalue weighted by molar-refractivity contribution is 0.0343. The molecule has 1 aromatic heterocycles. The van der Waals surface area contributed by atoms with Crippen LogP contribution in [0.3, 0.4) is 0 Å². The molecule has 0 fully saturated rings. The molecule has 5 heteroatoms. The zero-order chi connectivity index (χ0) is 12.9. The summed E-state index contributed by atoms with van der Waals surface area (Å²) in [7, 11) is 1.69. The van der Waals surface area contributed by atoms with Crippen LogP contribution in [0.1, 0.15) is 27.7 Å². The van der Waals surface area contributed by atoms with Gasteiger partial charge in [0.15, 0.2) is 0 Å². The van der Waals surface area contributed by atoms with Crippen LogP contribution in [0.2, 0.25) is 0 Å². The molecule has 1 heterocycles. The number of hydrogen-bond donors (Lipinski definition) is 1. The van der Waals surface area contributed by atoms with Crippen LogP contribution >= 0.6 is 0 Å². The molecule has 0 saturated heterocycles. The first-order valence-corrected chi connectivity index (χ1v) is 5.70. The molecule has 1 aromatic rings. The molecule has 0 aliphatic heterocycles. The second-order valence-electron chi connectivity index (χ2n) is 4.73. The van der Waals surface area contributed by atoms with E-state index < -0.39 is 0 Å². The topological polar surface area (TPSA) is 56.3 Å². The minimum Gasteiger partial charge on any atom is -0.474 e. The molecule has 0 atom stereocenters. The van der Waals surface area contributed by atoms with Crippen molar-refractivity contribution in [3.63, 3.8) is 0 Å². The predicted octanol–water partition coefficient (Wildman–Crippen LogP) is 2.10. The average Bonchev–Trinajstić information content (AvgIpc) is 2.26. The number of methoxy groups -OCH3 is 1. The third-order valence-corrected chi connectivity index (χ3v) is 2.22. The maximum absolute atomic E-state index is 5.47. The lowest BCUT2D eigenvalue weighted by atomic mass is 10.1. The lowest BCUT2D eigenvalue weighted by Gasteiger charge is -2.23. The highest BCUT2D eigenvalue weighted by Crippen LogP contribution is 2.13. The van der Waals surface area contributed by atoms with E-state index in [1.165, 1.54) is 0 Å². The van der Waals surface area contributed by atoms with E-state index in [0.717, 1.165) is 0 Å². The number of nitrogens with one attached hydrogen (secondary N) is 1. The Balaban J connectivity index is 2.60. The van der Waals surface area contributed by atoms with Crippen molar-refractivity contribution in [2.45, 2.75) is 39.4 Å². The van der Waals surface area contributed by atoms with Gasteiger partial charge in [-0.2, -0.15) is 4.98 Å². The number of nitrogens with zero attached hydrogens (tertiary/aromatic N) is 2. The van der Waals surface area contributed by atoms with Crippen molar-refractivity contribution in [3.8, 4) is 5.88 Å². The summed E-state index contributed by atoms with van der Waals surface area (Å²) in [6.45, 7) is 8.57. The van der Waals surface area contributed by atoms with E-state index in [9.17, 15) is 0 Å². The second-order valence-corrected chi connectivity index (χ2v) is 4.73. The summed E-state index contributed by atoms with van der Waals surface area (Å²) in [5.74, 6) is 1.22.